The minimum atomic E-state index is -0.240. The third-order valence-electron chi connectivity index (χ3n) is 5.86. The quantitative estimate of drug-likeness (QED) is 0.670. The molecule has 136 valence electrons. The van der Waals surface area contributed by atoms with E-state index in [0.717, 1.165) is 6.42 Å². The van der Waals surface area contributed by atoms with Gasteiger partial charge in [0.05, 0.1) is 30.3 Å². The van der Waals surface area contributed by atoms with Crippen LogP contribution in [0.25, 0.3) is 0 Å². The summed E-state index contributed by atoms with van der Waals surface area (Å²) in [5, 5.41) is 2.77. The smallest absolute Gasteiger partial charge is 0.251 e. The Hall–Kier alpha value is -3.15. The second-order valence-corrected chi connectivity index (χ2v) is 7.32. The number of furan rings is 1. The van der Waals surface area contributed by atoms with E-state index in [1.165, 1.54) is 4.90 Å². The Kier molecular flexibility index (Phi) is 3.53. The van der Waals surface area contributed by atoms with Crippen LogP contribution in [0.3, 0.4) is 0 Å². The molecule has 2 heterocycles. The van der Waals surface area contributed by atoms with Crippen molar-refractivity contribution >= 4 is 23.4 Å². The number of nitrogens with zero attached hydrogens (tertiary/aromatic N) is 1. The second-order valence-electron chi connectivity index (χ2n) is 7.32. The van der Waals surface area contributed by atoms with Gasteiger partial charge in [-0.15, -0.1) is 0 Å². The summed E-state index contributed by atoms with van der Waals surface area (Å²) in [7, 11) is 0. The zero-order valence-electron chi connectivity index (χ0n) is 14.5. The van der Waals surface area contributed by atoms with Crippen molar-refractivity contribution in [2.75, 3.05) is 4.90 Å². The minimum absolute atomic E-state index is 0.114. The van der Waals surface area contributed by atoms with Crippen molar-refractivity contribution in [1.82, 2.24) is 5.32 Å². The molecule has 1 N–H and O–H groups in total. The summed E-state index contributed by atoms with van der Waals surface area (Å²) in [5.41, 5.74) is 0.993. The molecule has 1 aliphatic heterocycles. The van der Waals surface area contributed by atoms with Crippen LogP contribution in [0.15, 0.2) is 59.2 Å². The fraction of sp³-hybridized carbons (Fsp3) is 0.286. The molecule has 4 unspecified atom stereocenters. The van der Waals surface area contributed by atoms with E-state index < -0.39 is 0 Å². The third-order valence-corrected chi connectivity index (χ3v) is 5.86. The summed E-state index contributed by atoms with van der Waals surface area (Å²) in [6.07, 6.45) is 6.62. The molecule has 27 heavy (non-hydrogen) atoms. The molecule has 1 aromatic carbocycles. The molecule has 1 saturated heterocycles. The molecule has 0 radical (unpaired) electrons. The van der Waals surface area contributed by atoms with Gasteiger partial charge in [-0.05, 0) is 54.7 Å². The fourth-order valence-corrected chi connectivity index (χ4v) is 4.60. The highest BCUT2D eigenvalue weighted by atomic mass is 16.3. The molecule has 2 fully saturated rings. The summed E-state index contributed by atoms with van der Waals surface area (Å²) in [5.74, 6) is 0.140. The van der Waals surface area contributed by atoms with Gasteiger partial charge in [0.1, 0.15) is 5.76 Å². The summed E-state index contributed by atoms with van der Waals surface area (Å²) >= 11 is 0. The topological polar surface area (TPSA) is 79.6 Å². The number of anilines is 1. The van der Waals surface area contributed by atoms with E-state index >= 15 is 0 Å². The van der Waals surface area contributed by atoms with Crippen LogP contribution in [-0.2, 0) is 16.1 Å². The van der Waals surface area contributed by atoms with Crippen LogP contribution >= 0.6 is 0 Å². The van der Waals surface area contributed by atoms with Crippen molar-refractivity contribution in [3.05, 3.63) is 66.1 Å². The van der Waals surface area contributed by atoms with Crippen molar-refractivity contribution in [2.45, 2.75) is 13.0 Å². The van der Waals surface area contributed by atoms with E-state index in [2.05, 4.69) is 17.5 Å². The number of imide groups is 1. The van der Waals surface area contributed by atoms with Crippen LogP contribution in [0.5, 0.6) is 0 Å². The van der Waals surface area contributed by atoms with Gasteiger partial charge < -0.3 is 9.73 Å². The van der Waals surface area contributed by atoms with Crippen LogP contribution in [0.4, 0.5) is 5.69 Å². The molecule has 1 aromatic heterocycles. The van der Waals surface area contributed by atoms with Crippen LogP contribution in [0.2, 0.25) is 0 Å². The van der Waals surface area contributed by atoms with Crippen molar-refractivity contribution < 1.29 is 18.8 Å². The molecule has 6 nitrogen and oxygen atoms in total. The van der Waals surface area contributed by atoms with Gasteiger partial charge in [-0.3, -0.25) is 19.3 Å². The Labute approximate surface area is 155 Å². The lowest BCUT2D eigenvalue weighted by atomic mass is 9.85. The van der Waals surface area contributed by atoms with Gasteiger partial charge in [0.25, 0.3) is 5.91 Å². The largest absolute Gasteiger partial charge is 0.467 e. The normalized spacial score (nSPS) is 28.1. The number of allylic oxidation sites excluding steroid dienone is 2. The molecule has 5 rings (SSSR count). The van der Waals surface area contributed by atoms with Crippen LogP contribution < -0.4 is 10.2 Å². The Balaban J connectivity index is 1.31. The number of amides is 3. The third kappa shape index (κ3) is 2.44. The standard InChI is InChI=1S/C21H18N2O4/c24-19(22-11-16-2-1-9-27-16)12-5-7-15(8-6-12)23-20(25)17-13-3-4-14(10-13)18(17)21(23)26/h1-9,13-14,17-18H,10-11H2,(H,22,24). The maximum absolute atomic E-state index is 12.8. The van der Waals surface area contributed by atoms with E-state index in [-0.39, 0.29) is 41.4 Å². The Morgan fingerprint density at radius 3 is 2.30 bits per heavy atom. The Morgan fingerprint density at radius 2 is 1.70 bits per heavy atom. The van der Waals surface area contributed by atoms with Crippen molar-refractivity contribution in [2.24, 2.45) is 23.7 Å². The summed E-state index contributed by atoms with van der Waals surface area (Å²) in [4.78, 5) is 39.2. The average Bonchev–Trinajstić information content (AvgIpc) is 3.45. The summed E-state index contributed by atoms with van der Waals surface area (Å²) < 4.78 is 5.19. The molecule has 2 aliphatic carbocycles. The van der Waals surface area contributed by atoms with Gasteiger partial charge in [0.15, 0.2) is 0 Å². The zero-order chi connectivity index (χ0) is 18.5. The molecule has 1 saturated carbocycles. The number of carbonyl (C=O) groups excluding carboxylic acids is 3. The predicted octanol–water partition coefficient (Wildman–Crippen LogP) is 2.52. The lowest BCUT2D eigenvalue weighted by Crippen LogP contribution is -2.32. The van der Waals surface area contributed by atoms with Crippen molar-refractivity contribution in [3.63, 3.8) is 0 Å². The molecule has 4 atom stereocenters. The average molecular weight is 362 g/mol. The number of hydrogen-bond donors (Lipinski definition) is 1. The summed E-state index contributed by atoms with van der Waals surface area (Å²) in [6.45, 7) is 0.301. The van der Waals surface area contributed by atoms with Crippen LogP contribution in [0.1, 0.15) is 22.5 Å². The van der Waals surface area contributed by atoms with Crippen molar-refractivity contribution in [3.8, 4) is 0 Å². The minimum Gasteiger partial charge on any atom is -0.467 e. The first-order valence-electron chi connectivity index (χ1n) is 9.10. The molecule has 6 heteroatoms. The maximum Gasteiger partial charge on any atom is 0.251 e. The molecule has 2 bridgehead atoms. The lowest BCUT2D eigenvalue weighted by Gasteiger charge is -2.17. The summed E-state index contributed by atoms with van der Waals surface area (Å²) in [6, 6.07) is 10.1. The highest BCUT2D eigenvalue weighted by Crippen LogP contribution is 2.53. The van der Waals surface area contributed by atoms with Crippen LogP contribution in [0, 0.1) is 23.7 Å². The molecule has 2 aromatic rings. The Bertz CT molecular complexity index is 915. The van der Waals surface area contributed by atoms with E-state index in [1.54, 1.807) is 42.7 Å². The van der Waals surface area contributed by atoms with E-state index in [1.807, 2.05) is 0 Å². The number of rotatable bonds is 4. The number of hydrogen-bond acceptors (Lipinski definition) is 4. The van der Waals surface area contributed by atoms with E-state index in [9.17, 15) is 14.4 Å². The van der Waals surface area contributed by atoms with Crippen molar-refractivity contribution in [1.29, 1.82) is 0 Å². The highest BCUT2D eigenvalue weighted by molar-refractivity contribution is 6.22. The van der Waals surface area contributed by atoms with Gasteiger partial charge in [-0.25, -0.2) is 0 Å². The lowest BCUT2D eigenvalue weighted by molar-refractivity contribution is -0.123. The number of fused-ring (bicyclic) bond motifs is 5. The van der Waals surface area contributed by atoms with Gasteiger partial charge in [-0.1, -0.05) is 12.2 Å². The fourth-order valence-electron chi connectivity index (χ4n) is 4.60. The first kappa shape index (κ1) is 16.1. The monoisotopic (exact) mass is 362 g/mol. The SMILES string of the molecule is O=C(NCc1ccco1)c1ccc(N2C(=O)C3C4C=CC(C4)C3C2=O)cc1. The molecule has 0 spiro atoms. The van der Waals surface area contributed by atoms with E-state index in [0.29, 0.717) is 23.6 Å². The number of nitrogens with one attached hydrogen (secondary N) is 1. The van der Waals surface area contributed by atoms with Gasteiger partial charge in [-0.2, -0.15) is 0 Å². The van der Waals surface area contributed by atoms with Gasteiger partial charge in [0, 0.05) is 5.56 Å². The Morgan fingerprint density at radius 1 is 1.04 bits per heavy atom. The first-order valence-corrected chi connectivity index (χ1v) is 9.10. The van der Waals surface area contributed by atoms with E-state index in [4.69, 9.17) is 4.42 Å². The highest BCUT2D eigenvalue weighted by Gasteiger charge is 2.59. The zero-order valence-corrected chi connectivity index (χ0v) is 14.5. The second kappa shape index (κ2) is 5.94. The molecule has 3 aliphatic rings. The predicted molar refractivity (Wildman–Crippen MR) is 96.5 cm³/mol. The molecular weight excluding hydrogens is 344 g/mol. The maximum atomic E-state index is 12.8. The number of benzene rings is 1. The molecular formula is C21H18N2O4. The number of carbonyl (C=O) groups is 3. The first-order chi connectivity index (χ1) is 13.1. The van der Waals surface area contributed by atoms with Gasteiger partial charge in [0.2, 0.25) is 11.8 Å². The molecule has 3 amide bonds. The van der Waals surface area contributed by atoms with Crippen LogP contribution in [-0.4, -0.2) is 17.7 Å². The van der Waals surface area contributed by atoms with Gasteiger partial charge >= 0.3 is 0 Å².